The number of hydrogen-bond donors (Lipinski definition) is 2. The maximum atomic E-state index is 9.65. The Morgan fingerprint density at radius 3 is 2.89 bits per heavy atom. The zero-order valence-corrected chi connectivity index (χ0v) is 11.7. The third kappa shape index (κ3) is 3.85. The Morgan fingerprint density at radius 1 is 1.37 bits per heavy atom. The third-order valence-electron chi connectivity index (χ3n) is 3.64. The molecule has 0 aromatic heterocycles. The number of aromatic hydroxyl groups is 1. The second-order valence-corrected chi connectivity index (χ2v) is 4.98. The van der Waals surface area contributed by atoms with E-state index in [1.807, 2.05) is 19.1 Å². The first kappa shape index (κ1) is 14.2. The van der Waals surface area contributed by atoms with Crippen LogP contribution in [0.25, 0.3) is 0 Å². The molecule has 1 fully saturated rings. The molecular formula is C15H23NO3. The number of phenolic OH excluding ortho intramolecular Hbond substituents is 1. The monoisotopic (exact) mass is 265 g/mol. The average molecular weight is 265 g/mol. The lowest BCUT2D eigenvalue weighted by Crippen LogP contribution is -2.26. The fourth-order valence-electron chi connectivity index (χ4n) is 2.54. The zero-order chi connectivity index (χ0) is 13.7. The van der Waals surface area contributed by atoms with E-state index in [1.54, 1.807) is 13.2 Å². The van der Waals surface area contributed by atoms with Crippen molar-refractivity contribution in [2.75, 3.05) is 13.7 Å². The number of hydrogen-bond acceptors (Lipinski definition) is 4. The minimum Gasteiger partial charge on any atom is -0.504 e. The van der Waals surface area contributed by atoms with Crippen LogP contribution in [0.1, 0.15) is 31.7 Å². The van der Waals surface area contributed by atoms with Crippen molar-refractivity contribution in [3.8, 4) is 11.5 Å². The summed E-state index contributed by atoms with van der Waals surface area (Å²) in [4.78, 5) is 0. The van der Waals surface area contributed by atoms with Gasteiger partial charge in [-0.15, -0.1) is 0 Å². The molecule has 0 spiro atoms. The number of rotatable bonds is 6. The Balaban J connectivity index is 1.87. The van der Waals surface area contributed by atoms with Gasteiger partial charge in [0.15, 0.2) is 11.5 Å². The van der Waals surface area contributed by atoms with Crippen LogP contribution in [-0.2, 0) is 11.3 Å². The van der Waals surface area contributed by atoms with Crippen LogP contribution in [0.5, 0.6) is 11.5 Å². The highest BCUT2D eigenvalue weighted by Gasteiger charge is 2.23. The molecule has 2 N–H and O–H groups in total. The first-order valence-electron chi connectivity index (χ1n) is 6.93. The van der Waals surface area contributed by atoms with E-state index >= 15 is 0 Å². The van der Waals surface area contributed by atoms with Crippen molar-refractivity contribution in [1.82, 2.24) is 5.32 Å². The molecule has 1 aliphatic rings. The van der Waals surface area contributed by atoms with Crippen molar-refractivity contribution in [2.45, 2.75) is 44.9 Å². The summed E-state index contributed by atoms with van der Waals surface area (Å²) in [6.45, 7) is 3.26. The van der Waals surface area contributed by atoms with Gasteiger partial charge in [-0.3, -0.25) is 0 Å². The molecule has 2 rings (SSSR count). The van der Waals surface area contributed by atoms with Gasteiger partial charge in [-0.05, 0) is 43.9 Å². The molecule has 0 radical (unpaired) electrons. The molecule has 0 bridgehead atoms. The molecule has 0 amide bonds. The number of phenols is 1. The summed E-state index contributed by atoms with van der Waals surface area (Å²) in [5.41, 5.74) is 1.13. The van der Waals surface area contributed by atoms with Gasteiger partial charge >= 0.3 is 0 Å². The summed E-state index contributed by atoms with van der Waals surface area (Å²) in [5, 5.41) is 13.2. The van der Waals surface area contributed by atoms with Gasteiger partial charge in [0.25, 0.3) is 0 Å². The highest BCUT2D eigenvalue weighted by Crippen LogP contribution is 2.27. The first-order chi connectivity index (χ1) is 9.22. The minimum absolute atomic E-state index is 0.200. The maximum absolute atomic E-state index is 9.65. The Hall–Kier alpha value is -1.26. The van der Waals surface area contributed by atoms with E-state index in [-0.39, 0.29) is 5.75 Å². The quantitative estimate of drug-likeness (QED) is 0.829. The van der Waals surface area contributed by atoms with Crippen molar-refractivity contribution in [3.63, 3.8) is 0 Å². The molecule has 4 nitrogen and oxygen atoms in total. The molecule has 1 aliphatic carbocycles. The summed E-state index contributed by atoms with van der Waals surface area (Å²) < 4.78 is 10.8. The van der Waals surface area contributed by atoms with Crippen molar-refractivity contribution in [3.05, 3.63) is 23.8 Å². The maximum Gasteiger partial charge on any atom is 0.161 e. The molecule has 106 valence electrons. The SMILES string of the molecule is CCOc1cc(CNC2CCC(OC)C2)ccc1O. The predicted octanol–water partition coefficient (Wildman–Crippen LogP) is 2.45. The average Bonchev–Trinajstić information content (AvgIpc) is 2.88. The van der Waals surface area contributed by atoms with E-state index in [9.17, 15) is 5.11 Å². The highest BCUT2D eigenvalue weighted by atomic mass is 16.5. The molecule has 0 heterocycles. The van der Waals surface area contributed by atoms with Gasteiger partial charge in [0, 0.05) is 19.7 Å². The lowest BCUT2D eigenvalue weighted by molar-refractivity contribution is 0.107. The summed E-state index contributed by atoms with van der Waals surface area (Å²) >= 11 is 0. The largest absolute Gasteiger partial charge is 0.504 e. The number of ether oxygens (including phenoxy) is 2. The standard InChI is InChI=1S/C15H23NO3/c1-3-19-15-8-11(4-7-14(15)17)10-16-12-5-6-13(9-12)18-2/h4,7-8,12-13,16-17H,3,5-6,9-10H2,1-2H3. The summed E-state index contributed by atoms with van der Waals surface area (Å²) in [6, 6.07) is 6.03. The van der Waals surface area contributed by atoms with Gasteiger partial charge in [0.2, 0.25) is 0 Å². The molecule has 1 aromatic carbocycles. The van der Waals surface area contributed by atoms with Crippen molar-refractivity contribution in [1.29, 1.82) is 0 Å². The second kappa shape index (κ2) is 6.78. The van der Waals surface area contributed by atoms with Crippen LogP contribution in [0.3, 0.4) is 0 Å². The predicted molar refractivity (Wildman–Crippen MR) is 74.6 cm³/mol. The topological polar surface area (TPSA) is 50.7 Å². The molecule has 0 saturated heterocycles. The fourth-order valence-corrected chi connectivity index (χ4v) is 2.54. The van der Waals surface area contributed by atoms with Gasteiger partial charge in [-0.2, -0.15) is 0 Å². The van der Waals surface area contributed by atoms with Crippen molar-refractivity contribution in [2.24, 2.45) is 0 Å². The number of benzene rings is 1. The van der Waals surface area contributed by atoms with Gasteiger partial charge < -0.3 is 19.9 Å². The lowest BCUT2D eigenvalue weighted by Gasteiger charge is -2.14. The normalized spacial score (nSPS) is 22.6. The lowest BCUT2D eigenvalue weighted by atomic mass is 10.1. The van der Waals surface area contributed by atoms with E-state index in [0.29, 0.717) is 24.5 Å². The zero-order valence-electron chi connectivity index (χ0n) is 11.7. The van der Waals surface area contributed by atoms with Crippen LogP contribution in [0.15, 0.2) is 18.2 Å². The van der Waals surface area contributed by atoms with Crippen LogP contribution in [-0.4, -0.2) is 31.0 Å². The Morgan fingerprint density at radius 2 is 2.21 bits per heavy atom. The van der Waals surface area contributed by atoms with E-state index in [4.69, 9.17) is 9.47 Å². The Labute approximate surface area is 114 Å². The molecule has 1 aromatic rings. The smallest absolute Gasteiger partial charge is 0.161 e. The third-order valence-corrected chi connectivity index (χ3v) is 3.64. The highest BCUT2D eigenvalue weighted by molar-refractivity contribution is 5.41. The second-order valence-electron chi connectivity index (χ2n) is 4.98. The molecule has 1 saturated carbocycles. The van der Waals surface area contributed by atoms with Crippen molar-refractivity contribution >= 4 is 0 Å². The number of methoxy groups -OCH3 is 1. The molecule has 4 heteroatoms. The van der Waals surface area contributed by atoms with Crippen LogP contribution < -0.4 is 10.1 Å². The fraction of sp³-hybridized carbons (Fsp3) is 0.600. The van der Waals surface area contributed by atoms with E-state index in [1.165, 1.54) is 0 Å². The van der Waals surface area contributed by atoms with Crippen LogP contribution in [0, 0.1) is 0 Å². The van der Waals surface area contributed by atoms with Crippen LogP contribution in [0.4, 0.5) is 0 Å². The van der Waals surface area contributed by atoms with Gasteiger partial charge in [0.1, 0.15) is 0 Å². The molecule has 2 atom stereocenters. The summed E-state index contributed by atoms with van der Waals surface area (Å²) in [5.74, 6) is 0.758. The molecule has 2 unspecified atom stereocenters. The van der Waals surface area contributed by atoms with Crippen LogP contribution in [0.2, 0.25) is 0 Å². The van der Waals surface area contributed by atoms with Gasteiger partial charge in [-0.25, -0.2) is 0 Å². The Bertz CT molecular complexity index is 408. The Kier molecular flexibility index (Phi) is 5.05. The van der Waals surface area contributed by atoms with Crippen LogP contribution >= 0.6 is 0 Å². The van der Waals surface area contributed by atoms with E-state index in [0.717, 1.165) is 31.4 Å². The number of nitrogens with one attached hydrogen (secondary N) is 1. The summed E-state index contributed by atoms with van der Waals surface area (Å²) in [6.07, 6.45) is 3.77. The molecule has 0 aliphatic heterocycles. The van der Waals surface area contributed by atoms with Gasteiger partial charge in [0.05, 0.1) is 12.7 Å². The summed E-state index contributed by atoms with van der Waals surface area (Å²) in [7, 11) is 1.78. The van der Waals surface area contributed by atoms with Crippen molar-refractivity contribution < 1.29 is 14.6 Å². The molecular weight excluding hydrogens is 242 g/mol. The van der Waals surface area contributed by atoms with Gasteiger partial charge in [-0.1, -0.05) is 6.07 Å². The minimum atomic E-state index is 0.200. The van der Waals surface area contributed by atoms with E-state index < -0.39 is 0 Å². The van der Waals surface area contributed by atoms with E-state index in [2.05, 4.69) is 5.32 Å². The first-order valence-corrected chi connectivity index (χ1v) is 6.93. The molecule has 19 heavy (non-hydrogen) atoms.